The molecule has 0 aromatic rings. The van der Waals surface area contributed by atoms with Crippen LogP contribution in [0.4, 0.5) is 0 Å². The van der Waals surface area contributed by atoms with Crippen molar-refractivity contribution >= 4 is 0 Å². The van der Waals surface area contributed by atoms with Gasteiger partial charge in [0.1, 0.15) is 0 Å². The van der Waals surface area contributed by atoms with E-state index in [-0.39, 0.29) is 175 Å². The van der Waals surface area contributed by atoms with Crippen molar-refractivity contribution in [3.8, 4) is 0 Å². The smallest absolute Gasteiger partial charge is 0.344 e. The average Bonchev–Trinajstić information content (AvgIpc) is 0. The van der Waals surface area contributed by atoms with E-state index in [1.807, 2.05) is 0 Å². The van der Waals surface area contributed by atoms with Crippen molar-refractivity contribution in [1.82, 2.24) is 6.15 Å². The first-order chi connectivity index (χ1) is 0. The second kappa shape index (κ2) is 22.8. The van der Waals surface area contributed by atoms with E-state index in [1.165, 1.54) is 0 Å². The Morgan fingerprint density at radius 3 is 1.00 bits per heavy atom. The van der Waals surface area contributed by atoms with Gasteiger partial charge in [-0.25, -0.2) is 0 Å². The zero-order valence-corrected chi connectivity index (χ0v) is 16.1. The summed E-state index contributed by atoms with van der Waals surface area (Å²) in [6, 6.07) is 0. The number of hydrogen-bond donors (Lipinski definition) is 1. The molecule has 0 atom stereocenters. The minimum Gasteiger partial charge on any atom is -0.344 e. The molecule has 8 valence electrons. The van der Waals surface area contributed by atoms with Crippen LogP contribution in [0.5, 0.6) is 0 Å². The molecule has 0 bridgehead atoms. The molecule has 0 radical (unpaired) electrons. The van der Waals surface area contributed by atoms with E-state index in [9.17, 15) is 0 Å². The summed E-state index contributed by atoms with van der Waals surface area (Å²) in [5.41, 5.74) is 0. The molecule has 0 aliphatic heterocycles. The molecule has 3 N–H and O–H groups in total. The van der Waals surface area contributed by atoms with Gasteiger partial charge in [-0.05, 0) is 0 Å². The van der Waals surface area contributed by atoms with E-state index in [0.717, 1.165) is 0 Å². The van der Waals surface area contributed by atoms with E-state index < -0.39 is 0 Å². The largest absolute Gasteiger partial charge is 1.00 e. The van der Waals surface area contributed by atoms with Crippen LogP contribution in [-0.4, -0.2) is 0 Å². The zero-order valence-electron chi connectivity index (χ0n) is 4.71. The Kier molecular flexibility index (Phi) is 145. The second-order valence-electron chi connectivity index (χ2n) is 0. The summed E-state index contributed by atoms with van der Waals surface area (Å²) in [6.07, 6.45) is 0. The quantitative estimate of drug-likeness (QED) is 0.403. The molecule has 1 nitrogen and oxygen atoms in total. The first-order valence-corrected chi connectivity index (χ1v) is 0. The van der Waals surface area contributed by atoms with Crippen LogP contribution in [0.2, 0.25) is 0 Å². The third-order valence-corrected chi connectivity index (χ3v) is 0. The molecule has 0 unspecified atom stereocenters. The Labute approximate surface area is 168 Å². The van der Waals surface area contributed by atoms with Crippen LogP contribution < -0.4 is 175 Å². The number of hydrogen-bond acceptors (Lipinski definition) is 1. The molecule has 0 saturated carbocycles. The van der Waals surface area contributed by atoms with Crippen molar-refractivity contribution in [2.45, 2.75) is 0 Å². The van der Waals surface area contributed by atoms with Gasteiger partial charge in [-0.2, -0.15) is 0 Å². The predicted octanol–water partition coefficient (Wildman–Crippen LogP) is -11.8. The van der Waals surface area contributed by atoms with Gasteiger partial charge in [0.05, 0.1) is 0 Å². The van der Waals surface area contributed by atoms with E-state index in [2.05, 4.69) is 0 Å². The van der Waals surface area contributed by atoms with Crippen molar-refractivity contribution in [1.29, 1.82) is 0 Å². The van der Waals surface area contributed by atoms with Crippen LogP contribution in [0.3, 0.4) is 0 Å². The Bertz CT molecular complexity index is 11.6. The Balaban J connectivity index is 0. The molecular formula is H3CsKLiNNa+4. The van der Waals surface area contributed by atoms with Gasteiger partial charge < -0.3 is 6.15 Å². The van der Waals surface area contributed by atoms with Crippen LogP contribution in [0, 0.1) is 0 Å². The van der Waals surface area contributed by atoms with E-state index in [4.69, 9.17) is 0 Å². The normalized spacial score (nSPS) is 0. The molecule has 0 amide bonds. The first-order valence-electron chi connectivity index (χ1n) is 0. The van der Waals surface area contributed by atoms with Crippen molar-refractivity contribution in [3.63, 3.8) is 0 Å². The molecule has 0 rings (SSSR count). The van der Waals surface area contributed by atoms with Crippen LogP contribution in [0.25, 0.3) is 0 Å². The zero-order chi connectivity index (χ0) is 0. The summed E-state index contributed by atoms with van der Waals surface area (Å²) in [4.78, 5) is 0. The van der Waals surface area contributed by atoms with Gasteiger partial charge in [0, 0.05) is 0 Å². The van der Waals surface area contributed by atoms with Gasteiger partial charge >= 0.3 is 169 Å². The molecule has 0 spiro atoms. The summed E-state index contributed by atoms with van der Waals surface area (Å²) >= 11 is 0. The Hall–Kier alpha value is 5.25. The maximum atomic E-state index is 0. The molecule has 0 fully saturated rings. The average molecular weight is 219 g/mol. The predicted molar refractivity (Wildman–Crippen MR) is 5.02 cm³/mol. The summed E-state index contributed by atoms with van der Waals surface area (Å²) in [5.74, 6) is 0. The molecule has 0 aliphatic carbocycles. The molecule has 5 heavy (non-hydrogen) atoms. The topological polar surface area (TPSA) is 35.0 Å². The van der Waals surface area contributed by atoms with Gasteiger partial charge in [-0.3, -0.25) is 0 Å². The fourth-order valence-corrected chi connectivity index (χ4v) is 0. The van der Waals surface area contributed by atoms with Gasteiger partial charge in [0.15, 0.2) is 0 Å². The van der Waals surface area contributed by atoms with Crippen molar-refractivity contribution < 1.29 is 169 Å². The fourth-order valence-electron chi connectivity index (χ4n) is 0. The summed E-state index contributed by atoms with van der Waals surface area (Å²) in [7, 11) is 0. The van der Waals surface area contributed by atoms with Crippen LogP contribution in [0.15, 0.2) is 0 Å². The third-order valence-electron chi connectivity index (χ3n) is 0. The minimum absolute atomic E-state index is 0. The summed E-state index contributed by atoms with van der Waals surface area (Å²) in [5, 5.41) is 0. The second-order valence-corrected chi connectivity index (χ2v) is 0. The van der Waals surface area contributed by atoms with Gasteiger partial charge in [0.25, 0.3) is 0 Å². The Morgan fingerprint density at radius 2 is 1.00 bits per heavy atom. The molecule has 0 heterocycles. The number of rotatable bonds is 0. The van der Waals surface area contributed by atoms with Gasteiger partial charge in [-0.1, -0.05) is 0 Å². The van der Waals surface area contributed by atoms with Crippen LogP contribution >= 0.6 is 0 Å². The first kappa shape index (κ1) is 31.8. The summed E-state index contributed by atoms with van der Waals surface area (Å²) in [6.45, 7) is 0. The molecule has 0 aromatic carbocycles. The maximum absolute atomic E-state index is 0. The van der Waals surface area contributed by atoms with Crippen molar-refractivity contribution in [2.75, 3.05) is 0 Å². The van der Waals surface area contributed by atoms with Gasteiger partial charge in [0.2, 0.25) is 0 Å². The van der Waals surface area contributed by atoms with Gasteiger partial charge in [-0.15, -0.1) is 0 Å². The molecule has 0 aliphatic rings. The van der Waals surface area contributed by atoms with Crippen molar-refractivity contribution in [3.05, 3.63) is 0 Å². The third kappa shape index (κ3) is 17.6. The molecule has 0 saturated heterocycles. The monoisotopic (exact) mass is 219 g/mol. The molecular weight excluding hydrogens is 216 g/mol. The maximum Gasteiger partial charge on any atom is 1.00 e. The van der Waals surface area contributed by atoms with Crippen LogP contribution in [-0.2, 0) is 0 Å². The Morgan fingerprint density at radius 1 is 1.00 bits per heavy atom. The molecule has 0 aromatic heterocycles. The standard InChI is InChI=1S/Cs.K.Li.H3N.Na/h;;;1H3;/q3*+1;;+1. The van der Waals surface area contributed by atoms with E-state index in [0.29, 0.717) is 0 Å². The minimum atomic E-state index is 0. The fraction of sp³-hybridized carbons (Fsp3) is 0. The van der Waals surface area contributed by atoms with E-state index >= 15 is 0 Å². The van der Waals surface area contributed by atoms with Crippen LogP contribution in [0.1, 0.15) is 0 Å². The van der Waals surface area contributed by atoms with E-state index in [1.54, 1.807) is 0 Å². The van der Waals surface area contributed by atoms with Crippen molar-refractivity contribution in [2.24, 2.45) is 0 Å². The SMILES string of the molecule is N.[Cs+].[K+].[Li+].[Na+]. The molecule has 5 heteroatoms. The summed E-state index contributed by atoms with van der Waals surface area (Å²) < 4.78 is 0.